The number of halogens is 1. The zero-order chi connectivity index (χ0) is 24.5. The van der Waals surface area contributed by atoms with Crippen LogP contribution in [-0.4, -0.2) is 22.9 Å². The number of esters is 1. The number of allylic oxidation sites excluding steroid dienone is 1. The molecule has 0 spiro atoms. The molecule has 3 aromatic carbocycles. The summed E-state index contributed by atoms with van der Waals surface area (Å²) in [7, 11) is 1.31. The molecule has 35 heavy (non-hydrogen) atoms. The third-order valence-electron chi connectivity index (χ3n) is 6.75. The number of nitro groups is 1. The van der Waals surface area contributed by atoms with Gasteiger partial charge in [-0.3, -0.25) is 14.9 Å². The van der Waals surface area contributed by atoms with Crippen LogP contribution in [0.25, 0.3) is 0 Å². The number of carbonyl (C=O) groups is 1. The van der Waals surface area contributed by atoms with Crippen LogP contribution in [-0.2, 0) is 9.53 Å². The standard InChI is InChI=1S/C27H24ClN3O4/c1-35-27(32)21-16-22(31(33)34)26-29-23(17-9-4-2-5-10-17)25(18-11-6-3-7-12-18)30(26)24(21)19-13-8-14-20(28)15-19/h2-15,21,23-25,29H,16H2,1H3/t21-,23+,24+,25+/m1/s1. The largest absolute Gasteiger partial charge is 0.469 e. The van der Waals surface area contributed by atoms with Gasteiger partial charge in [0.15, 0.2) is 5.82 Å². The summed E-state index contributed by atoms with van der Waals surface area (Å²) in [5.41, 5.74) is 2.73. The molecule has 0 radical (unpaired) electrons. The van der Waals surface area contributed by atoms with Crippen LogP contribution in [0.1, 0.15) is 41.2 Å². The van der Waals surface area contributed by atoms with E-state index in [-0.39, 0.29) is 24.2 Å². The number of nitrogens with zero attached hydrogens (tertiary/aromatic N) is 2. The van der Waals surface area contributed by atoms with E-state index < -0.39 is 22.9 Å². The number of carbonyl (C=O) groups excluding carboxylic acids is 1. The molecule has 178 valence electrons. The normalized spacial score (nSPS) is 23.4. The van der Waals surface area contributed by atoms with Gasteiger partial charge in [-0.2, -0.15) is 0 Å². The van der Waals surface area contributed by atoms with Gasteiger partial charge in [0.25, 0.3) is 5.70 Å². The van der Waals surface area contributed by atoms with E-state index >= 15 is 0 Å². The lowest BCUT2D eigenvalue weighted by molar-refractivity contribution is -0.433. The Morgan fingerprint density at radius 3 is 2.20 bits per heavy atom. The zero-order valence-electron chi connectivity index (χ0n) is 19.0. The molecular weight excluding hydrogens is 466 g/mol. The van der Waals surface area contributed by atoms with Gasteiger partial charge in [0.2, 0.25) is 0 Å². The lowest BCUT2D eigenvalue weighted by atomic mass is 9.83. The number of hydrogen-bond acceptors (Lipinski definition) is 6. The minimum Gasteiger partial charge on any atom is -0.469 e. The van der Waals surface area contributed by atoms with Gasteiger partial charge in [-0.15, -0.1) is 0 Å². The van der Waals surface area contributed by atoms with E-state index in [0.29, 0.717) is 10.8 Å². The van der Waals surface area contributed by atoms with Gasteiger partial charge in [0.1, 0.15) is 0 Å². The number of methoxy groups -OCH3 is 1. The molecule has 7 nitrogen and oxygen atoms in total. The minimum atomic E-state index is -0.787. The van der Waals surface area contributed by atoms with Crippen molar-refractivity contribution < 1.29 is 14.5 Å². The average molecular weight is 490 g/mol. The molecule has 0 unspecified atom stereocenters. The smallest absolute Gasteiger partial charge is 0.311 e. The first-order valence-electron chi connectivity index (χ1n) is 11.3. The Kier molecular flexibility index (Phi) is 6.17. The highest BCUT2D eigenvalue weighted by atomic mass is 35.5. The summed E-state index contributed by atoms with van der Waals surface area (Å²) < 4.78 is 5.14. The first kappa shape index (κ1) is 22.9. The quantitative estimate of drug-likeness (QED) is 0.293. The molecule has 0 aromatic heterocycles. The number of fused-ring (bicyclic) bond motifs is 1. The lowest BCUT2D eigenvalue weighted by Gasteiger charge is -2.41. The molecule has 3 aromatic rings. The van der Waals surface area contributed by atoms with Gasteiger partial charge in [-0.25, -0.2) is 0 Å². The molecule has 1 fully saturated rings. The highest BCUT2D eigenvalue weighted by Crippen LogP contribution is 2.53. The van der Waals surface area contributed by atoms with Crippen LogP contribution in [0.3, 0.4) is 0 Å². The fourth-order valence-electron chi connectivity index (χ4n) is 5.29. The first-order valence-corrected chi connectivity index (χ1v) is 11.7. The summed E-state index contributed by atoms with van der Waals surface area (Å²) in [5.74, 6) is -0.865. The summed E-state index contributed by atoms with van der Waals surface area (Å²) in [5, 5.41) is 16.2. The molecule has 0 saturated carbocycles. The molecule has 5 rings (SSSR count). The maximum absolute atomic E-state index is 13.0. The number of benzene rings is 3. The van der Waals surface area contributed by atoms with Crippen LogP contribution in [0, 0.1) is 16.0 Å². The molecule has 0 aliphatic carbocycles. The summed E-state index contributed by atoms with van der Waals surface area (Å²) >= 11 is 6.35. The molecule has 2 aliphatic rings. The minimum absolute atomic E-state index is 0.0296. The Hall–Kier alpha value is -3.84. The second-order valence-corrected chi connectivity index (χ2v) is 9.12. The number of nitrogens with one attached hydrogen (secondary N) is 1. The fourth-order valence-corrected chi connectivity index (χ4v) is 5.49. The van der Waals surface area contributed by atoms with Gasteiger partial charge in [0, 0.05) is 5.02 Å². The fraction of sp³-hybridized carbons (Fsp3) is 0.222. The summed E-state index contributed by atoms with van der Waals surface area (Å²) in [4.78, 5) is 26.9. The second kappa shape index (κ2) is 9.43. The van der Waals surface area contributed by atoms with Crippen LogP contribution in [0.4, 0.5) is 0 Å². The molecule has 8 heteroatoms. The Labute approximate surface area is 208 Å². The lowest BCUT2D eigenvalue weighted by Crippen LogP contribution is -2.42. The number of ether oxygens (including phenoxy) is 1. The molecule has 1 N–H and O–H groups in total. The van der Waals surface area contributed by atoms with Gasteiger partial charge in [0.05, 0.1) is 42.5 Å². The van der Waals surface area contributed by atoms with Crippen molar-refractivity contribution >= 4 is 17.6 Å². The Morgan fingerprint density at radius 2 is 1.60 bits per heavy atom. The molecule has 4 atom stereocenters. The van der Waals surface area contributed by atoms with Crippen LogP contribution in [0.2, 0.25) is 5.02 Å². The van der Waals surface area contributed by atoms with E-state index in [1.807, 2.05) is 83.8 Å². The van der Waals surface area contributed by atoms with Crippen molar-refractivity contribution in [3.63, 3.8) is 0 Å². The maximum Gasteiger partial charge on any atom is 0.311 e. The summed E-state index contributed by atoms with van der Waals surface area (Å²) in [6, 6.07) is 25.9. The van der Waals surface area contributed by atoms with Crippen molar-refractivity contribution in [3.8, 4) is 0 Å². The van der Waals surface area contributed by atoms with Crippen molar-refractivity contribution in [2.24, 2.45) is 5.92 Å². The average Bonchev–Trinajstić information content (AvgIpc) is 3.28. The number of hydrogen-bond donors (Lipinski definition) is 1. The maximum atomic E-state index is 13.0. The van der Waals surface area contributed by atoms with Crippen molar-refractivity contribution in [2.75, 3.05) is 7.11 Å². The second-order valence-electron chi connectivity index (χ2n) is 8.68. The van der Waals surface area contributed by atoms with Crippen LogP contribution in [0.5, 0.6) is 0 Å². The van der Waals surface area contributed by atoms with E-state index in [1.54, 1.807) is 6.07 Å². The van der Waals surface area contributed by atoms with E-state index in [1.165, 1.54) is 7.11 Å². The van der Waals surface area contributed by atoms with Crippen molar-refractivity contribution in [3.05, 3.63) is 128 Å². The van der Waals surface area contributed by atoms with Crippen LogP contribution >= 0.6 is 11.6 Å². The van der Waals surface area contributed by atoms with E-state index in [0.717, 1.165) is 16.7 Å². The molecule has 2 aliphatic heterocycles. The van der Waals surface area contributed by atoms with Gasteiger partial charge in [-0.05, 0) is 28.8 Å². The Morgan fingerprint density at radius 1 is 0.971 bits per heavy atom. The van der Waals surface area contributed by atoms with Crippen molar-refractivity contribution in [1.29, 1.82) is 0 Å². The highest BCUT2D eigenvalue weighted by molar-refractivity contribution is 6.30. The molecule has 0 amide bonds. The predicted molar refractivity (Wildman–Crippen MR) is 132 cm³/mol. The monoisotopic (exact) mass is 489 g/mol. The van der Waals surface area contributed by atoms with Gasteiger partial charge >= 0.3 is 5.97 Å². The van der Waals surface area contributed by atoms with Crippen molar-refractivity contribution in [2.45, 2.75) is 24.5 Å². The summed E-state index contributed by atoms with van der Waals surface area (Å²) in [6.07, 6.45) is -0.0568. The first-order chi connectivity index (χ1) is 17.0. The third-order valence-corrected chi connectivity index (χ3v) is 6.98. The van der Waals surface area contributed by atoms with Crippen LogP contribution in [0.15, 0.2) is 96.4 Å². The third kappa shape index (κ3) is 4.12. The zero-order valence-corrected chi connectivity index (χ0v) is 19.8. The molecule has 1 saturated heterocycles. The molecule has 0 bridgehead atoms. The SMILES string of the molecule is COC(=O)[C@@H]1CC([N+](=O)[O-])=C2N[C@@H](c3ccccc3)[C@H](c3ccccc3)N2[C@H]1c1cccc(Cl)c1. The van der Waals surface area contributed by atoms with Gasteiger partial charge in [-0.1, -0.05) is 84.4 Å². The summed E-state index contributed by atoms with van der Waals surface area (Å²) in [6.45, 7) is 0. The Bertz CT molecular complexity index is 1280. The molecular formula is C27H24ClN3O4. The topological polar surface area (TPSA) is 84.7 Å². The van der Waals surface area contributed by atoms with Crippen molar-refractivity contribution in [1.82, 2.24) is 10.2 Å². The highest BCUT2D eigenvalue weighted by Gasteiger charge is 2.53. The van der Waals surface area contributed by atoms with E-state index in [2.05, 4.69) is 5.32 Å². The Balaban J connectivity index is 1.77. The predicted octanol–water partition coefficient (Wildman–Crippen LogP) is 5.41. The van der Waals surface area contributed by atoms with E-state index in [4.69, 9.17) is 16.3 Å². The van der Waals surface area contributed by atoms with Gasteiger partial charge < -0.3 is 15.0 Å². The van der Waals surface area contributed by atoms with Crippen LogP contribution < -0.4 is 5.32 Å². The number of rotatable bonds is 5. The van der Waals surface area contributed by atoms with E-state index in [9.17, 15) is 14.9 Å². The molecule has 2 heterocycles.